The molecule has 1 aromatic rings. The van der Waals surface area contributed by atoms with Crippen molar-refractivity contribution in [2.45, 2.75) is 13.5 Å². The van der Waals surface area contributed by atoms with E-state index in [1.165, 1.54) is 13.0 Å². The molecule has 2 N–H and O–H groups in total. The van der Waals surface area contributed by atoms with Gasteiger partial charge in [0, 0.05) is 38.2 Å². The molecular formula is C11H15N3O3. The zero-order valence-electron chi connectivity index (χ0n) is 9.60. The maximum absolute atomic E-state index is 10.7. The highest BCUT2D eigenvalue weighted by Crippen LogP contribution is 2.16. The first-order chi connectivity index (χ1) is 8.11. The third-order valence-electron chi connectivity index (χ3n) is 2.18. The number of para-hydroxylation sites is 1. The Morgan fingerprint density at radius 1 is 1.35 bits per heavy atom. The van der Waals surface area contributed by atoms with Crippen LogP contribution in [-0.2, 0) is 11.3 Å². The fourth-order valence-electron chi connectivity index (χ4n) is 1.39. The Hall–Kier alpha value is -1.95. The molecule has 6 nitrogen and oxygen atoms in total. The lowest BCUT2D eigenvalue weighted by Gasteiger charge is -2.05. The van der Waals surface area contributed by atoms with Crippen LogP contribution in [0.3, 0.4) is 0 Å². The lowest BCUT2D eigenvalue weighted by atomic mass is 10.2. The second kappa shape index (κ2) is 6.59. The third-order valence-corrected chi connectivity index (χ3v) is 2.18. The van der Waals surface area contributed by atoms with Crippen LogP contribution in [0.25, 0.3) is 0 Å². The molecule has 92 valence electrons. The van der Waals surface area contributed by atoms with Gasteiger partial charge in [-0.2, -0.15) is 0 Å². The van der Waals surface area contributed by atoms with E-state index in [-0.39, 0.29) is 11.6 Å². The average molecular weight is 237 g/mol. The third kappa shape index (κ3) is 4.60. The second-order valence-corrected chi connectivity index (χ2v) is 3.55. The van der Waals surface area contributed by atoms with Crippen molar-refractivity contribution in [2.75, 3.05) is 13.1 Å². The van der Waals surface area contributed by atoms with Crippen molar-refractivity contribution in [3.8, 4) is 0 Å². The summed E-state index contributed by atoms with van der Waals surface area (Å²) < 4.78 is 0. The summed E-state index contributed by atoms with van der Waals surface area (Å²) in [5.41, 5.74) is 0.750. The van der Waals surface area contributed by atoms with Crippen molar-refractivity contribution in [1.29, 1.82) is 0 Å². The first-order valence-electron chi connectivity index (χ1n) is 5.28. The molecule has 0 bridgehead atoms. The van der Waals surface area contributed by atoms with Crippen molar-refractivity contribution in [1.82, 2.24) is 10.6 Å². The maximum Gasteiger partial charge on any atom is 0.273 e. The Labute approximate surface area is 99.2 Å². The van der Waals surface area contributed by atoms with Crippen molar-refractivity contribution in [3.05, 3.63) is 39.9 Å². The van der Waals surface area contributed by atoms with Gasteiger partial charge in [-0.05, 0) is 0 Å². The highest BCUT2D eigenvalue weighted by atomic mass is 16.6. The van der Waals surface area contributed by atoms with E-state index in [2.05, 4.69) is 10.6 Å². The zero-order valence-corrected chi connectivity index (χ0v) is 9.60. The Bertz CT molecular complexity index is 407. The van der Waals surface area contributed by atoms with Gasteiger partial charge in [0.1, 0.15) is 0 Å². The summed E-state index contributed by atoms with van der Waals surface area (Å²) in [6.45, 7) is 2.94. The number of carbonyl (C=O) groups excluding carboxylic acids is 1. The van der Waals surface area contributed by atoms with E-state index in [9.17, 15) is 14.9 Å². The Kier molecular flexibility index (Phi) is 5.09. The monoisotopic (exact) mass is 237 g/mol. The van der Waals surface area contributed by atoms with E-state index in [0.717, 1.165) is 0 Å². The number of nitro benzene ring substituents is 1. The molecule has 0 radical (unpaired) electrons. The van der Waals surface area contributed by atoms with Gasteiger partial charge in [0.15, 0.2) is 0 Å². The second-order valence-electron chi connectivity index (χ2n) is 3.55. The predicted octanol–water partition coefficient (Wildman–Crippen LogP) is 0.820. The summed E-state index contributed by atoms with van der Waals surface area (Å²) in [4.78, 5) is 20.9. The van der Waals surface area contributed by atoms with Crippen molar-refractivity contribution < 1.29 is 9.72 Å². The molecule has 0 aliphatic carbocycles. The van der Waals surface area contributed by atoms with Crippen LogP contribution in [0.15, 0.2) is 24.3 Å². The van der Waals surface area contributed by atoms with Crippen molar-refractivity contribution in [2.24, 2.45) is 0 Å². The van der Waals surface area contributed by atoms with Crippen LogP contribution in [0.1, 0.15) is 12.5 Å². The van der Waals surface area contributed by atoms with Crippen LogP contribution in [-0.4, -0.2) is 23.9 Å². The fraction of sp³-hybridized carbons (Fsp3) is 0.364. The van der Waals surface area contributed by atoms with E-state index in [4.69, 9.17) is 0 Å². The maximum atomic E-state index is 10.7. The molecule has 0 saturated heterocycles. The predicted molar refractivity (Wildman–Crippen MR) is 63.5 cm³/mol. The molecule has 0 unspecified atom stereocenters. The first kappa shape index (κ1) is 13.1. The van der Waals surface area contributed by atoms with Crippen molar-refractivity contribution >= 4 is 11.6 Å². The molecule has 0 aliphatic rings. The summed E-state index contributed by atoms with van der Waals surface area (Å²) >= 11 is 0. The molecule has 0 atom stereocenters. The van der Waals surface area contributed by atoms with Gasteiger partial charge in [-0.3, -0.25) is 14.9 Å². The normalized spacial score (nSPS) is 9.94. The SMILES string of the molecule is CC(=O)NCCNCc1ccccc1[N+](=O)[O-]. The van der Waals surface area contributed by atoms with Crippen LogP contribution in [0.5, 0.6) is 0 Å². The number of rotatable bonds is 6. The minimum atomic E-state index is -0.398. The zero-order chi connectivity index (χ0) is 12.7. The van der Waals surface area contributed by atoms with Crippen LogP contribution < -0.4 is 10.6 Å². The standard InChI is InChI=1S/C11H15N3O3/c1-9(15)13-7-6-12-8-10-4-2-3-5-11(10)14(16)17/h2-5,12H,6-8H2,1H3,(H,13,15). The van der Waals surface area contributed by atoms with E-state index < -0.39 is 4.92 Å². The number of nitrogens with one attached hydrogen (secondary N) is 2. The molecule has 0 fully saturated rings. The molecular weight excluding hydrogens is 222 g/mol. The number of nitrogens with zero attached hydrogens (tertiary/aromatic N) is 1. The Morgan fingerprint density at radius 2 is 2.06 bits per heavy atom. The number of benzene rings is 1. The van der Waals surface area contributed by atoms with Crippen LogP contribution in [0, 0.1) is 10.1 Å². The van der Waals surface area contributed by atoms with Gasteiger partial charge in [-0.15, -0.1) is 0 Å². The Balaban J connectivity index is 2.41. The van der Waals surface area contributed by atoms with Gasteiger partial charge >= 0.3 is 0 Å². The molecule has 0 heterocycles. The number of carbonyl (C=O) groups is 1. The van der Waals surface area contributed by atoms with Gasteiger partial charge in [0.05, 0.1) is 4.92 Å². The number of hydrogen-bond acceptors (Lipinski definition) is 4. The van der Waals surface area contributed by atoms with Gasteiger partial charge in [-0.25, -0.2) is 0 Å². The average Bonchev–Trinajstić information content (AvgIpc) is 2.28. The molecule has 0 aromatic heterocycles. The van der Waals surface area contributed by atoms with Crippen LogP contribution in [0.4, 0.5) is 5.69 Å². The molecule has 0 spiro atoms. The quantitative estimate of drug-likeness (QED) is 0.436. The molecule has 1 amide bonds. The smallest absolute Gasteiger partial charge is 0.273 e. The molecule has 1 rings (SSSR count). The highest BCUT2D eigenvalue weighted by Gasteiger charge is 2.10. The molecule has 1 aromatic carbocycles. The first-order valence-corrected chi connectivity index (χ1v) is 5.28. The summed E-state index contributed by atoms with van der Waals surface area (Å²) in [7, 11) is 0. The molecule has 0 aliphatic heterocycles. The summed E-state index contributed by atoms with van der Waals surface area (Å²) in [6, 6.07) is 6.59. The minimum absolute atomic E-state index is 0.0857. The molecule has 17 heavy (non-hydrogen) atoms. The van der Waals surface area contributed by atoms with Crippen molar-refractivity contribution in [3.63, 3.8) is 0 Å². The van der Waals surface area contributed by atoms with E-state index in [1.807, 2.05) is 0 Å². The lowest BCUT2D eigenvalue weighted by molar-refractivity contribution is -0.385. The Morgan fingerprint density at radius 3 is 2.71 bits per heavy atom. The summed E-state index contributed by atoms with van der Waals surface area (Å²) in [5, 5.41) is 16.4. The van der Waals surface area contributed by atoms with Gasteiger partial charge in [0.2, 0.25) is 5.91 Å². The van der Waals surface area contributed by atoms with Gasteiger partial charge < -0.3 is 10.6 Å². The molecule has 6 heteroatoms. The van der Waals surface area contributed by atoms with Crippen LogP contribution >= 0.6 is 0 Å². The summed E-state index contributed by atoms with van der Waals surface area (Å²) in [6.07, 6.45) is 0. The number of hydrogen-bond donors (Lipinski definition) is 2. The van der Waals surface area contributed by atoms with Gasteiger partial charge in [-0.1, -0.05) is 18.2 Å². The van der Waals surface area contributed by atoms with Crippen LogP contribution in [0.2, 0.25) is 0 Å². The van der Waals surface area contributed by atoms with E-state index >= 15 is 0 Å². The number of amides is 1. The lowest BCUT2D eigenvalue weighted by Crippen LogP contribution is -2.30. The molecule has 0 saturated carbocycles. The minimum Gasteiger partial charge on any atom is -0.355 e. The topological polar surface area (TPSA) is 84.3 Å². The summed E-state index contributed by atoms with van der Waals surface area (Å²) in [5.74, 6) is -0.0857. The fourth-order valence-corrected chi connectivity index (χ4v) is 1.39. The largest absolute Gasteiger partial charge is 0.355 e. The van der Waals surface area contributed by atoms with E-state index in [1.54, 1.807) is 18.2 Å². The van der Waals surface area contributed by atoms with E-state index in [0.29, 0.717) is 25.2 Å². The van der Waals surface area contributed by atoms with Gasteiger partial charge in [0.25, 0.3) is 5.69 Å². The highest BCUT2D eigenvalue weighted by molar-refractivity contribution is 5.72. The number of nitro groups is 1.